The number of esters is 1. The van der Waals surface area contributed by atoms with Crippen molar-refractivity contribution < 1.29 is 9.53 Å². The van der Waals surface area contributed by atoms with Gasteiger partial charge in [0, 0.05) is 23.7 Å². The number of rotatable bonds is 3. The summed E-state index contributed by atoms with van der Waals surface area (Å²) >= 11 is 5.85. The van der Waals surface area contributed by atoms with E-state index in [1.54, 1.807) is 0 Å². The molecule has 1 fully saturated rings. The van der Waals surface area contributed by atoms with Crippen molar-refractivity contribution >= 4 is 23.3 Å². The maximum absolute atomic E-state index is 10.9. The minimum atomic E-state index is -0.177. The molecule has 1 aliphatic rings. The van der Waals surface area contributed by atoms with Crippen molar-refractivity contribution in [3.05, 3.63) is 29.3 Å². The second-order valence-electron chi connectivity index (χ2n) is 4.73. The van der Waals surface area contributed by atoms with E-state index in [0.717, 1.165) is 36.4 Å². The number of carbonyl (C=O) groups excluding carboxylic acids is 1. The minimum absolute atomic E-state index is 0.103. The van der Waals surface area contributed by atoms with Crippen LogP contribution in [-0.2, 0) is 9.53 Å². The molecule has 1 aromatic rings. The van der Waals surface area contributed by atoms with Gasteiger partial charge in [0.15, 0.2) is 0 Å². The largest absolute Gasteiger partial charge is 0.463 e. The van der Waals surface area contributed by atoms with Gasteiger partial charge in [0.05, 0.1) is 0 Å². The molecule has 1 aromatic carbocycles. The summed E-state index contributed by atoms with van der Waals surface area (Å²) < 4.78 is 5.22. The lowest BCUT2D eigenvalue weighted by atomic mass is 9.93. The standard InChI is InChI=1S/C14H18ClNO2/c1-10(17)18-14-8-6-13(7-9-14)16-12-4-2-11(15)3-5-12/h2-5,13-14,16H,6-9H2,1H3. The van der Waals surface area contributed by atoms with Crippen molar-refractivity contribution in [2.45, 2.75) is 44.8 Å². The van der Waals surface area contributed by atoms with Gasteiger partial charge in [-0.1, -0.05) is 11.6 Å². The van der Waals surface area contributed by atoms with E-state index in [2.05, 4.69) is 5.32 Å². The monoisotopic (exact) mass is 267 g/mol. The third kappa shape index (κ3) is 3.91. The Morgan fingerprint density at radius 2 is 1.83 bits per heavy atom. The molecule has 1 saturated carbocycles. The molecule has 0 radical (unpaired) electrons. The van der Waals surface area contributed by atoms with Gasteiger partial charge < -0.3 is 10.1 Å². The fraction of sp³-hybridized carbons (Fsp3) is 0.500. The quantitative estimate of drug-likeness (QED) is 0.850. The first-order chi connectivity index (χ1) is 8.63. The van der Waals surface area contributed by atoms with Gasteiger partial charge in [-0.2, -0.15) is 0 Å². The third-order valence-electron chi connectivity index (χ3n) is 3.22. The van der Waals surface area contributed by atoms with E-state index < -0.39 is 0 Å². The molecular weight excluding hydrogens is 250 g/mol. The molecule has 0 saturated heterocycles. The lowest BCUT2D eigenvalue weighted by Gasteiger charge is -2.29. The highest BCUT2D eigenvalue weighted by Gasteiger charge is 2.22. The molecule has 0 heterocycles. The molecule has 3 nitrogen and oxygen atoms in total. The molecule has 4 heteroatoms. The van der Waals surface area contributed by atoms with E-state index in [-0.39, 0.29) is 12.1 Å². The first-order valence-electron chi connectivity index (χ1n) is 6.33. The number of hydrogen-bond donors (Lipinski definition) is 1. The van der Waals surface area contributed by atoms with Gasteiger partial charge in [0.2, 0.25) is 0 Å². The fourth-order valence-corrected chi connectivity index (χ4v) is 2.47. The zero-order chi connectivity index (χ0) is 13.0. The van der Waals surface area contributed by atoms with Crippen molar-refractivity contribution in [2.75, 3.05) is 5.32 Å². The molecule has 0 unspecified atom stereocenters. The van der Waals surface area contributed by atoms with Crippen molar-refractivity contribution in [3.8, 4) is 0 Å². The average Bonchev–Trinajstić information content (AvgIpc) is 2.34. The number of nitrogens with one attached hydrogen (secondary N) is 1. The van der Waals surface area contributed by atoms with Gasteiger partial charge in [-0.05, 0) is 49.9 Å². The maximum atomic E-state index is 10.9. The van der Waals surface area contributed by atoms with Gasteiger partial charge in [0.25, 0.3) is 0 Å². The number of benzene rings is 1. The third-order valence-corrected chi connectivity index (χ3v) is 3.47. The SMILES string of the molecule is CC(=O)OC1CCC(Nc2ccc(Cl)cc2)CC1. The lowest BCUT2D eigenvalue weighted by molar-refractivity contribution is -0.147. The van der Waals surface area contributed by atoms with Crippen molar-refractivity contribution in [1.82, 2.24) is 0 Å². The van der Waals surface area contributed by atoms with Gasteiger partial charge in [-0.3, -0.25) is 4.79 Å². The van der Waals surface area contributed by atoms with Crippen molar-refractivity contribution in [2.24, 2.45) is 0 Å². The summed E-state index contributed by atoms with van der Waals surface area (Å²) in [5.74, 6) is -0.177. The van der Waals surface area contributed by atoms with Crippen LogP contribution in [0.4, 0.5) is 5.69 Å². The molecule has 1 N–H and O–H groups in total. The highest BCUT2D eigenvalue weighted by Crippen LogP contribution is 2.24. The first-order valence-corrected chi connectivity index (χ1v) is 6.70. The molecule has 98 valence electrons. The Balaban J connectivity index is 1.79. The van der Waals surface area contributed by atoms with E-state index in [1.807, 2.05) is 24.3 Å². The van der Waals surface area contributed by atoms with E-state index in [4.69, 9.17) is 16.3 Å². The second-order valence-corrected chi connectivity index (χ2v) is 5.17. The van der Waals surface area contributed by atoms with E-state index >= 15 is 0 Å². The zero-order valence-electron chi connectivity index (χ0n) is 10.5. The predicted octanol–water partition coefficient (Wildman–Crippen LogP) is 3.63. The van der Waals surface area contributed by atoms with Crippen LogP contribution in [-0.4, -0.2) is 18.1 Å². The van der Waals surface area contributed by atoms with Gasteiger partial charge in [0.1, 0.15) is 6.10 Å². The van der Waals surface area contributed by atoms with Gasteiger partial charge in [-0.15, -0.1) is 0 Å². The normalized spacial score (nSPS) is 23.4. The van der Waals surface area contributed by atoms with Crippen LogP contribution >= 0.6 is 11.6 Å². The minimum Gasteiger partial charge on any atom is -0.463 e. The van der Waals surface area contributed by atoms with Crippen LogP contribution in [0.2, 0.25) is 5.02 Å². The van der Waals surface area contributed by atoms with E-state index in [9.17, 15) is 4.79 Å². The number of ether oxygens (including phenoxy) is 1. The van der Waals surface area contributed by atoms with Crippen LogP contribution < -0.4 is 5.32 Å². The summed E-state index contributed by atoms with van der Waals surface area (Å²) in [6, 6.07) is 8.20. The number of hydrogen-bond acceptors (Lipinski definition) is 3. The Kier molecular flexibility index (Phi) is 4.48. The smallest absolute Gasteiger partial charge is 0.302 e. The lowest BCUT2D eigenvalue weighted by Crippen LogP contribution is -2.30. The molecular formula is C14H18ClNO2. The summed E-state index contributed by atoms with van der Waals surface area (Å²) in [5, 5.41) is 4.23. The van der Waals surface area contributed by atoms with Crippen LogP contribution in [0, 0.1) is 0 Å². The molecule has 0 amide bonds. The second kappa shape index (κ2) is 6.10. The van der Waals surface area contributed by atoms with E-state index in [0.29, 0.717) is 6.04 Å². The first kappa shape index (κ1) is 13.2. The molecule has 18 heavy (non-hydrogen) atoms. The van der Waals surface area contributed by atoms with Gasteiger partial charge >= 0.3 is 5.97 Å². The van der Waals surface area contributed by atoms with Crippen LogP contribution in [0.25, 0.3) is 0 Å². The number of carbonyl (C=O) groups is 1. The predicted molar refractivity (Wildman–Crippen MR) is 72.9 cm³/mol. The van der Waals surface area contributed by atoms with Crippen LogP contribution in [0.15, 0.2) is 24.3 Å². The van der Waals surface area contributed by atoms with Crippen LogP contribution in [0.5, 0.6) is 0 Å². The Labute approximate surface area is 112 Å². The Hall–Kier alpha value is -1.22. The topological polar surface area (TPSA) is 38.3 Å². The zero-order valence-corrected chi connectivity index (χ0v) is 11.2. The van der Waals surface area contributed by atoms with Crippen LogP contribution in [0.1, 0.15) is 32.6 Å². The number of anilines is 1. The van der Waals surface area contributed by atoms with Crippen LogP contribution in [0.3, 0.4) is 0 Å². The molecule has 0 atom stereocenters. The average molecular weight is 268 g/mol. The van der Waals surface area contributed by atoms with Crippen molar-refractivity contribution in [3.63, 3.8) is 0 Å². The summed E-state index contributed by atoms with van der Waals surface area (Å²) in [6.45, 7) is 1.47. The fourth-order valence-electron chi connectivity index (χ4n) is 2.34. The summed E-state index contributed by atoms with van der Waals surface area (Å²) in [7, 11) is 0. The highest BCUT2D eigenvalue weighted by molar-refractivity contribution is 6.30. The molecule has 2 rings (SSSR count). The Bertz CT molecular complexity index is 397. The molecule has 1 aliphatic carbocycles. The highest BCUT2D eigenvalue weighted by atomic mass is 35.5. The molecule has 0 aliphatic heterocycles. The summed E-state index contributed by atoms with van der Waals surface area (Å²) in [4.78, 5) is 10.9. The van der Waals surface area contributed by atoms with E-state index in [1.165, 1.54) is 6.92 Å². The summed E-state index contributed by atoms with van der Waals surface area (Å²) in [6.07, 6.45) is 4.03. The Morgan fingerprint density at radius 3 is 2.39 bits per heavy atom. The molecule has 0 spiro atoms. The molecule has 0 aromatic heterocycles. The van der Waals surface area contributed by atoms with Gasteiger partial charge in [-0.25, -0.2) is 0 Å². The summed E-state index contributed by atoms with van der Waals surface area (Å²) in [5.41, 5.74) is 1.09. The van der Waals surface area contributed by atoms with Crippen molar-refractivity contribution in [1.29, 1.82) is 0 Å². The maximum Gasteiger partial charge on any atom is 0.302 e. The Morgan fingerprint density at radius 1 is 1.22 bits per heavy atom. The number of halogens is 1. The molecule has 0 bridgehead atoms.